The molecule has 0 unspecified atom stereocenters. The number of hydrogen-bond acceptors (Lipinski definition) is 5. The van der Waals surface area contributed by atoms with Gasteiger partial charge in [0.05, 0.1) is 23.9 Å². The lowest BCUT2D eigenvalue weighted by molar-refractivity contribution is -0.139. The molecule has 1 saturated heterocycles. The third-order valence-electron chi connectivity index (χ3n) is 6.32. The molecule has 7 nitrogen and oxygen atoms in total. The third kappa shape index (κ3) is 5.22. The summed E-state index contributed by atoms with van der Waals surface area (Å²) in [5.41, 5.74) is 3.57. The minimum absolute atomic E-state index is 0.231. The summed E-state index contributed by atoms with van der Waals surface area (Å²) >= 11 is 0. The van der Waals surface area contributed by atoms with E-state index in [2.05, 4.69) is 22.5 Å². The van der Waals surface area contributed by atoms with Crippen molar-refractivity contribution in [1.82, 2.24) is 15.5 Å². The first kappa shape index (κ1) is 23.8. The summed E-state index contributed by atoms with van der Waals surface area (Å²) in [4.78, 5) is 29.7. The number of amides is 2. The lowest BCUT2D eigenvalue weighted by Crippen LogP contribution is -2.52. The number of esters is 1. The van der Waals surface area contributed by atoms with Gasteiger partial charge in [-0.3, -0.25) is 4.90 Å². The Morgan fingerprint density at radius 1 is 1.06 bits per heavy atom. The Hall–Kier alpha value is -3.39. The number of piperazine rings is 1. The largest absolute Gasteiger partial charge is 0.463 e. The number of rotatable bonds is 7. The minimum atomic E-state index is -0.589. The first-order valence-corrected chi connectivity index (χ1v) is 11.8. The molecular formula is C26H31FN4O3. The quantitative estimate of drug-likeness (QED) is 0.612. The first-order chi connectivity index (χ1) is 16.5. The molecule has 2 aliphatic heterocycles. The number of aryl methyl sites for hydroxylation is 1. The van der Waals surface area contributed by atoms with Gasteiger partial charge in [0.1, 0.15) is 5.82 Å². The van der Waals surface area contributed by atoms with Crippen LogP contribution < -0.4 is 15.5 Å². The van der Waals surface area contributed by atoms with Crippen LogP contribution in [0.15, 0.2) is 59.8 Å². The van der Waals surface area contributed by atoms with Crippen LogP contribution in [0, 0.1) is 5.82 Å². The summed E-state index contributed by atoms with van der Waals surface area (Å²) < 4.78 is 19.5. The van der Waals surface area contributed by atoms with E-state index in [-0.39, 0.29) is 18.5 Å². The van der Waals surface area contributed by atoms with Crippen molar-refractivity contribution in [2.24, 2.45) is 0 Å². The van der Waals surface area contributed by atoms with E-state index in [1.165, 1.54) is 11.6 Å². The van der Waals surface area contributed by atoms with Crippen molar-refractivity contribution in [2.45, 2.75) is 26.3 Å². The Balaban J connectivity index is 1.56. The fourth-order valence-electron chi connectivity index (χ4n) is 4.47. The number of para-hydroxylation sites is 1. The van der Waals surface area contributed by atoms with Crippen molar-refractivity contribution < 1.29 is 18.7 Å². The first-order valence-electron chi connectivity index (χ1n) is 11.8. The number of carbonyl (C=O) groups is 2. The number of urea groups is 1. The maximum atomic E-state index is 14.2. The molecule has 34 heavy (non-hydrogen) atoms. The van der Waals surface area contributed by atoms with Crippen LogP contribution in [0.5, 0.6) is 0 Å². The van der Waals surface area contributed by atoms with E-state index < -0.39 is 12.0 Å². The summed E-state index contributed by atoms with van der Waals surface area (Å²) in [6, 6.07) is 13.7. The summed E-state index contributed by atoms with van der Waals surface area (Å²) in [6.45, 7) is 7.13. The van der Waals surface area contributed by atoms with Crippen molar-refractivity contribution in [2.75, 3.05) is 44.2 Å². The van der Waals surface area contributed by atoms with Crippen LogP contribution >= 0.6 is 0 Å². The van der Waals surface area contributed by atoms with Crippen molar-refractivity contribution in [3.05, 3.63) is 76.7 Å². The van der Waals surface area contributed by atoms with Crippen LogP contribution in [0.25, 0.3) is 0 Å². The molecule has 2 aromatic rings. The molecule has 1 fully saturated rings. The number of hydrogen-bond donors (Lipinski definition) is 2. The Labute approximate surface area is 199 Å². The summed E-state index contributed by atoms with van der Waals surface area (Å²) in [5.74, 6) is -0.676. The van der Waals surface area contributed by atoms with E-state index in [9.17, 15) is 14.0 Å². The zero-order valence-corrected chi connectivity index (χ0v) is 19.6. The van der Waals surface area contributed by atoms with Crippen LogP contribution in [0.2, 0.25) is 0 Å². The molecular weight excluding hydrogens is 435 g/mol. The molecule has 0 spiro atoms. The van der Waals surface area contributed by atoms with Gasteiger partial charge in [0.2, 0.25) is 0 Å². The highest BCUT2D eigenvalue weighted by Crippen LogP contribution is 2.29. The Morgan fingerprint density at radius 3 is 2.41 bits per heavy atom. The van der Waals surface area contributed by atoms with Gasteiger partial charge in [-0.1, -0.05) is 43.3 Å². The number of nitrogens with one attached hydrogen (secondary N) is 2. The maximum absolute atomic E-state index is 14.2. The highest BCUT2D eigenvalue weighted by atomic mass is 19.1. The van der Waals surface area contributed by atoms with Crippen LogP contribution in [-0.4, -0.2) is 56.2 Å². The number of anilines is 1. The molecule has 2 heterocycles. The second-order valence-corrected chi connectivity index (χ2v) is 8.45. The van der Waals surface area contributed by atoms with Gasteiger partial charge >= 0.3 is 12.0 Å². The fraction of sp³-hybridized carbons (Fsp3) is 0.385. The van der Waals surface area contributed by atoms with Crippen molar-refractivity contribution in [1.29, 1.82) is 0 Å². The number of benzene rings is 2. The molecule has 0 aromatic heterocycles. The predicted octanol–water partition coefficient (Wildman–Crippen LogP) is 3.38. The molecule has 2 N–H and O–H groups in total. The monoisotopic (exact) mass is 466 g/mol. The van der Waals surface area contributed by atoms with E-state index in [0.29, 0.717) is 49.7 Å². The smallest absolute Gasteiger partial charge is 0.338 e. The maximum Gasteiger partial charge on any atom is 0.338 e. The van der Waals surface area contributed by atoms with Crippen LogP contribution in [0.1, 0.15) is 31.0 Å². The molecule has 2 amide bonds. The van der Waals surface area contributed by atoms with Gasteiger partial charge in [-0.15, -0.1) is 0 Å². The second kappa shape index (κ2) is 10.7. The number of nitrogens with zero attached hydrogens (tertiary/aromatic N) is 2. The highest BCUT2D eigenvalue weighted by molar-refractivity contribution is 5.95. The number of ether oxygens (including phenoxy) is 1. The molecule has 0 aliphatic carbocycles. The van der Waals surface area contributed by atoms with Crippen LogP contribution in [-0.2, 0) is 16.0 Å². The zero-order valence-electron chi connectivity index (χ0n) is 19.6. The molecule has 8 heteroatoms. The lowest BCUT2D eigenvalue weighted by atomic mass is 9.94. The Kier molecular flexibility index (Phi) is 7.47. The third-order valence-corrected chi connectivity index (χ3v) is 6.32. The minimum Gasteiger partial charge on any atom is -0.463 e. The molecule has 2 aromatic carbocycles. The summed E-state index contributed by atoms with van der Waals surface area (Å²) in [5, 5.41) is 5.73. The SMILES string of the molecule is CCOC(=O)C1=C(CN2CCN(c3ccccc3F)CC2)NC(=O)N[C@H]1c1ccc(CC)cc1. The van der Waals surface area contributed by atoms with Crippen molar-refractivity contribution in [3.63, 3.8) is 0 Å². The Bertz CT molecular complexity index is 1060. The average molecular weight is 467 g/mol. The van der Waals surface area contributed by atoms with Crippen molar-refractivity contribution >= 4 is 17.7 Å². The van der Waals surface area contributed by atoms with E-state index >= 15 is 0 Å². The number of carbonyl (C=O) groups excluding carboxylic acids is 2. The Morgan fingerprint density at radius 2 is 1.76 bits per heavy atom. The topological polar surface area (TPSA) is 73.9 Å². The van der Waals surface area contributed by atoms with Gasteiger partial charge in [-0.2, -0.15) is 0 Å². The lowest BCUT2D eigenvalue weighted by Gasteiger charge is -2.38. The predicted molar refractivity (Wildman–Crippen MR) is 129 cm³/mol. The van der Waals surface area contributed by atoms with Gasteiger partial charge in [0.15, 0.2) is 0 Å². The molecule has 4 rings (SSSR count). The van der Waals surface area contributed by atoms with Gasteiger partial charge in [0, 0.05) is 38.4 Å². The van der Waals surface area contributed by atoms with Gasteiger partial charge in [0.25, 0.3) is 0 Å². The van der Waals surface area contributed by atoms with E-state index in [1.807, 2.05) is 35.2 Å². The van der Waals surface area contributed by atoms with E-state index in [0.717, 1.165) is 12.0 Å². The van der Waals surface area contributed by atoms with Gasteiger partial charge < -0.3 is 20.3 Å². The number of halogens is 1. The molecule has 0 radical (unpaired) electrons. The zero-order chi connectivity index (χ0) is 24.1. The second-order valence-electron chi connectivity index (χ2n) is 8.45. The molecule has 0 saturated carbocycles. The molecule has 0 bridgehead atoms. The van der Waals surface area contributed by atoms with E-state index in [4.69, 9.17) is 4.74 Å². The fourth-order valence-corrected chi connectivity index (χ4v) is 4.47. The summed E-state index contributed by atoms with van der Waals surface area (Å²) in [7, 11) is 0. The normalized spacial score (nSPS) is 19.0. The highest BCUT2D eigenvalue weighted by Gasteiger charge is 2.34. The standard InChI is InChI=1S/C26H31FN4O3/c1-3-18-9-11-19(12-10-18)24-23(25(32)34-4-2)21(28-26(33)29-24)17-30-13-15-31(16-14-30)22-8-6-5-7-20(22)27/h5-12,24H,3-4,13-17H2,1-2H3,(H2,28,29,33)/t24-/m0/s1. The molecule has 2 aliphatic rings. The van der Waals surface area contributed by atoms with Crippen LogP contribution in [0.3, 0.4) is 0 Å². The molecule has 1 atom stereocenters. The van der Waals surface area contributed by atoms with Gasteiger partial charge in [-0.05, 0) is 36.6 Å². The summed E-state index contributed by atoms with van der Waals surface area (Å²) in [6.07, 6.45) is 0.906. The van der Waals surface area contributed by atoms with Crippen molar-refractivity contribution in [3.8, 4) is 0 Å². The average Bonchev–Trinajstić information content (AvgIpc) is 2.85. The van der Waals surface area contributed by atoms with Crippen LogP contribution in [0.4, 0.5) is 14.9 Å². The van der Waals surface area contributed by atoms with E-state index in [1.54, 1.807) is 19.1 Å². The van der Waals surface area contributed by atoms with Gasteiger partial charge in [-0.25, -0.2) is 14.0 Å². The molecule has 180 valence electrons.